The van der Waals surface area contributed by atoms with Crippen LogP contribution in [0.5, 0.6) is 5.75 Å². The van der Waals surface area contributed by atoms with Crippen molar-refractivity contribution in [2.75, 3.05) is 25.5 Å². The third-order valence-corrected chi connectivity index (χ3v) is 4.39. The highest BCUT2D eigenvalue weighted by Crippen LogP contribution is 2.34. The molecule has 25 heavy (non-hydrogen) atoms. The van der Waals surface area contributed by atoms with Gasteiger partial charge in [-0.1, -0.05) is 25.4 Å². The number of halogens is 1. The molecular weight excluding hydrogens is 334 g/mol. The number of pyridine rings is 1. The van der Waals surface area contributed by atoms with Gasteiger partial charge in [-0.2, -0.15) is 0 Å². The Balaban J connectivity index is 1.98. The summed E-state index contributed by atoms with van der Waals surface area (Å²) in [4.78, 5) is 4.75. The van der Waals surface area contributed by atoms with Crippen molar-refractivity contribution in [2.45, 2.75) is 26.3 Å². The molecule has 0 radical (unpaired) electrons. The Kier molecular flexibility index (Phi) is 5.61. The van der Waals surface area contributed by atoms with Gasteiger partial charge in [0.15, 0.2) is 0 Å². The third-order valence-electron chi connectivity index (χ3n) is 4.15. The van der Waals surface area contributed by atoms with E-state index >= 15 is 0 Å². The normalized spacial score (nSPS) is 11.4. The van der Waals surface area contributed by atoms with Gasteiger partial charge in [0.05, 0.1) is 23.8 Å². The zero-order valence-corrected chi connectivity index (χ0v) is 15.7. The highest BCUT2D eigenvalue weighted by molar-refractivity contribution is 6.31. The number of hydrogen-bond acceptors (Lipinski definition) is 4. The molecule has 0 spiro atoms. The molecule has 0 unspecified atom stereocenters. The van der Waals surface area contributed by atoms with E-state index in [1.165, 1.54) is 0 Å². The summed E-state index contributed by atoms with van der Waals surface area (Å²) in [5.41, 5.74) is 2.91. The maximum absolute atomic E-state index is 6.16. The lowest BCUT2D eigenvalue weighted by Gasteiger charge is -2.15. The number of nitrogens with zero attached hydrogens (tertiary/aromatic N) is 1. The van der Waals surface area contributed by atoms with Crippen molar-refractivity contribution in [1.82, 2.24) is 10.3 Å². The molecular formula is C20H24ClN3O. The second-order valence-corrected chi connectivity index (χ2v) is 6.86. The minimum absolute atomic E-state index is 0.508. The molecule has 0 aliphatic rings. The van der Waals surface area contributed by atoms with E-state index in [4.69, 9.17) is 21.3 Å². The molecule has 0 aliphatic carbocycles. The Bertz CT molecular complexity index is 880. The molecule has 0 saturated carbocycles. The molecule has 0 bridgehead atoms. The van der Waals surface area contributed by atoms with Crippen LogP contribution in [-0.2, 0) is 0 Å². The van der Waals surface area contributed by atoms with E-state index in [2.05, 4.69) is 24.5 Å². The van der Waals surface area contributed by atoms with Crippen LogP contribution in [0.3, 0.4) is 0 Å². The van der Waals surface area contributed by atoms with E-state index in [9.17, 15) is 0 Å². The Labute approximate surface area is 153 Å². The maximum atomic E-state index is 6.16. The van der Waals surface area contributed by atoms with Gasteiger partial charge in [-0.05, 0) is 49.4 Å². The Morgan fingerprint density at radius 3 is 2.64 bits per heavy atom. The van der Waals surface area contributed by atoms with Gasteiger partial charge in [0.1, 0.15) is 5.75 Å². The number of nitrogens with one attached hydrogen (secondary N) is 2. The topological polar surface area (TPSA) is 46.2 Å². The van der Waals surface area contributed by atoms with Crippen LogP contribution in [-0.4, -0.2) is 31.2 Å². The van der Waals surface area contributed by atoms with Gasteiger partial charge in [-0.3, -0.25) is 0 Å². The van der Waals surface area contributed by atoms with Crippen LogP contribution in [0.1, 0.15) is 20.3 Å². The van der Waals surface area contributed by atoms with Gasteiger partial charge in [-0.15, -0.1) is 0 Å². The van der Waals surface area contributed by atoms with Crippen LogP contribution >= 0.6 is 11.6 Å². The van der Waals surface area contributed by atoms with Gasteiger partial charge in [0, 0.05) is 28.4 Å². The number of aromatic nitrogens is 1. The van der Waals surface area contributed by atoms with Gasteiger partial charge in [0.25, 0.3) is 0 Å². The van der Waals surface area contributed by atoms with Crippen molar-refractivity contribution < 1.29 is 4.74 Å². The van der Waals surface area contributed by atoms with Crippen LogP contribution in [0.15, 0.2) is 36.4 Å². The molecule has 3 rings (SSSR count). The quantitative estimate of drug-likeness (QED) is 0.468. The zero-order chi connectivity index (χ0) is 17.8. The monoisotopic (exact) mass is 357 g/mol. The molecule has 0 fully saturated rings. The van der Waals surface area contributed by atoms with E-state index in [0.29, 0.717) is 11.1 Å². The summed E-state index contributed by atoms with van der Waals surface area (Å²) in [6.45, 7) is 6.19. The van der Waals surface area contributed by atoms with E-state index < -0.39 is 0 Å². The Hall–Kier alpha value is -2.04. The molecule has 0 saturated heterocycles. The smallest absolute Gasteiger partial charge is 0.119 e. The lowest BCUT2D eigenvalue weighted by atomic mass is 10.1. The predicted octanol–water partition coefficient (Wildman–Crippen LogP) is 4.85. The number of hydrogen-bond donors (Lipinski definition) is 2. The summed E-state index contributed by atoms with van der Waals surface area (Å²) in [7, 11) is 1.68. The number of fused-ring (bicyclic) bond motifs is 2. The molecule has 1 heterocycles. The molecule has 4 nitrogen and oxygen atoms in total. The summed E-state index contributed by atoms with van der Waals surface area (Å²) in [5.74, 6) is 0.826. The van der Waals surface area contributed by atoms with Crippen LogP contribution in [0, 0.1) is 0 Å². The second-order valence-electron chi connectivity index (χ2n) is 6.42. The van der Waals surface area contributed by atoms with Gasteiger partial charge < -0.3 is 15.4 Å². The number of rotatable bonds is 7. The number of methoxy groups -OCH3 is 1. The minimum Gasteiger partial charge on any atom is -0.497 e. The largest absolute Gasteiger partial charge is 0.497 e. The summed E-state index contributed by atoms with van der Waals surface area (Å²) in [5, 5.41) is 9.87. The van der Waals surface area contributed by atoms with Crippen LogP contribution < -0.4 is 15.4 Å². The Morgan fingerprint density at radius 2 is 1.88 bits per heavy atom. The average Bonchev–Trinajstić information content (AvgIpc) is 2.59. The van der Waals surface area contributed by atoms with Gasteiger partial charge >= 0.3 is 0 Å². The van der Waals surface area contributed by atoms with Crippen molar-refractivity contribution >= 4 is 39.1 Å². The predicted molar refractivity (Wildman–Crippen MR) is 107 cm³/mol. The molecule has 2 aromatic carbocycles. The lowest BCUT2D eigenvalue weighted by molar-refractivity contribution is 0.415. The fraction of sp³-hybridized carbons (Fsp3) is 0.350. The average molecular weight is 358 g/mol. The summed E-state index contributed by atoms with van der Waals surface area (Å²) in [6.07, 6.45) is 1.04. The fourth-order valence-electron chi connectivity index (χ4n) is 2.91. The molecule has 2 N–H and O–H groups in total. The number of benzene rings is 2. The molecule has 0 amide bonds. The lowest BCUT2D eigenvalue weighted by Crippen LogP contribution is -2.25. The highest BCUT2D eigenvalue weighted by Gasteiger charge is 2.10. The van der Waals surface area contributed by atoms with E-state index in [1.807, 2.05) is 36.4 Å². The molecule has 1 aromatic heterocycles. The SMILES string of the molecule is COc1ccc2nc3cc(Cl)ccc3c(NCCCNC(C)C)c2c1. The third kappa shape index (κ3) is 4.14. The second kappa shape index (κ2) is 7.89. The van der Waals surface area contributed by atoms with Gasteiger partial charge in [-0.25, -0.2) is 4.98 Å². The first-order valence-corrected chi connectivity index (χ1v) is 9.00. The standard InChI is InChI=1S/C20H24ClN3O/c1-13(2)22-9-4-10-23-20-16-7-5-14(21)11-19(16)24-18-8-6-15(25-3)12-17(18)20/h5-8,11-13,22H,4,9-10H2,1-3H3,(H,23,24). The summed E-state index contributed by atoms with van der Waals surface area (Å²) in [6, 6.07) is 12.3. The molecule has 5 heteroatoms. The first-order valence-electron chi connectivity index (χ1n) is 8.63. The van der Waals surface area contributed by atoms with Crippen molar-refractivity contribution in [1.29, 1.82) is 0 Å². The minimum atomic E-state index is 0.508. The van der Waals surface area contributed by atoms with Crippen molar-refractivity contribution in [3.05, 3.63) is 41.4 Å². The molecule has 0 aliphatic heterocycles. The van der Waals surface area contributed by atoms with E-state index in [0.717, 1.165) is 52.8 Å². The van der Waals surface area contributed by atoms with Gasteiger partial charge in [0.2, 0.25) is 0 Å². The van der Waals surface area contributed by atoms with Crippen LogP contribution in [0.25, 0.3) is 21.8 Å². The zero-order valence-electron chi connectivity index (χ0n) is 14.9. The molecule has 0 atom stereocenters. The van der Waals surface area contributed by atoms with Crippen molar-refractivity contribution in [3.63, 3.8) is 0 Å². The first kappa shape index (κ1) is 17.8. The maximum Gasteiger partial charge on any atom is 0.119 e. The van der Waals surface area contributed by atoms with Crippen LogP contribution in [0.4, 0.5) is 5.69 Å². The van der Waals surface area contributed by atoms with Crippen LogP contribution in [0.2, 0.25) is 5.02 Å². The van der Waals surface area contributed by atoms with E-state index in [1.54, 1.807) is 7.11 Å². The van der Waals surface area contributed by atoms with Crippen molar-refractivity contribution in [3.8, 4) is 5.75 Å². The fourth-order valence-corrected chi connectivity index (χ4v) is 3.07. The first-order chi connectivity index (χ1) is 12.1. The summed E-state index contributed by atoms with van der Waals surface area (Å²) < 4.78 is 5.39. The number of ether oxygens (including phenoxy) is 1. The highest BCUT2D eigenvalue weighted by atomic mass is 35.5. The Morgan fingerprint density at radius 1 is 1.04 bits per heavy atom. The van der Waals surface area contributed by atoms with E-state index in [-0.39, 0.29) is 0 Å². The molecule has 132 valence electrons. The summed E-state index contributed by atoms with van der Waals surface area (Å²) >= 11 is 6.16. The van der Waals surface area contributed by atoms with Crippen molar-refractivity contribution in [2.24, 2.45) is 0 Å². The molecule has 3 aromatic rings. The number of anilines is 1.